The highest BCUT2D eigenvalue weighted by molar-refractivity contribution is 5.26. The third-order valence-electron chi connectivity index (χ3n) is 3.78. The molecule has 1 heterocycles. The number of nitrogens with zero attached hydrogens (tertiary/aromatic N) is 2. The molecule has 3 aromatic rings. The number of benzene rings is 2. The molecule has 2 aromatic carbocycles. The third kappa shape index (κ3) is 3.52. The highest BCUT2D eigenvalue weighted by Crippen LogP contribution is 2.10. The van der Waals surface area contributed by atoms with Gasteiger partial charge in [0.2, 0.25) is 5.27 Å². The fourth-order valence-corrected chi connectivity index (χ4v) is 2.54. The van der Waals surface area contributed by atoms with Gasteiger partial charge in [0, 0.05) is 12.8 Å². The van der Waals surface area contributed by atoms with Gasteiger partial charge in [0.1, 0.15) is 0 Å². The number of nitrogen functional groups attached to an aromatic ring is 1. The summed E-state index contributed by atoms with van der Waals surface area (Å²) in [6, 6.07) is 20.7. The van der Waals surface area contributed by atoms with E-state index in [1.165, 1.54) is 11.1 Å². The molecule has 0 bridgehead atoms. The Morgan fingerprint density at radius 2 is 1.41 bits per heavy atom. The minimum Gasteiger partial charge on any atom is -0.362 e. The summed E-state index contributed by atoms with van der Waals surface area (Å²) in [6.45, 7) is 0.773. The van der Waals surface area contributed by atoms with Crippen LogP contribution in [0.5, 0.6) is 0 Å². The highest BCUT2D eigenvalue weighted by atomic mass is 16.5. The maximum absolute atomic E-state index is 5.92. The molecule has 0 radical (unpaired) electrons. The zero-order valence-corrected chi connectivity index (χ0v) is 12.5. The van der Waals surface area contributed by atoms with E-state index in [-0.39, 0.29) is 0 Å². The molecule has 0 fully saturated rings. The van der Waals surface area contributed by atoms with Crippen molar-refractivity contribution in [1.29, 1.82) is 0 Å². The average molecular weight is 294 g/mol. The van der Waals surface area contributed by atoms with Crippen LogP contribution in [0.15, 0.2) is 65.2 Å². The van der Waals surface area contributed by atoms with Crippen molar-refractivity contribution in [3.05, 3.63) is 77.5 Å². The lowest BCUT2D eigenvalue weighted by Gasteiger charge is -1.99. The molecule has 0 unspecified atom stereocenters. The SMILES string of the molecule is Nc1on[n+](CCc2ccccc2)c1CCc1ccccc1. The van der Waals surface area contributed by atoms with E-state index in [0.717, 1.165) is 31.5 Å². The van der Waals surface area contributed by atoms with Crippen molar-refractivity contribution in [1.82, 2.24) is 5.27 Å². The normalized spacial score (nSPS) is 10.7. The summed E-state index contributed by atoms with van der Waals surface area (Å²) < 4.78 is 7.04. The molecule has 0 saturated carbocycles. The Morgan fingerprint density at radius 3 is 2.05 bits per heavy atom. The molecule has 22 heavy (non-hydrogen) atoms. The first kappa shape index (κ1) is 14.3. The zero-order chi connectivity index (χ0) is 15.2. The summed E-state index contributed by atoms with van der Waals surface area (Å²) >= 11 is 0. The van der Waals surface area contributed by atoms with Crippen LogP contribution in [0.3, 0.4) is 0 Å². The smallest absolute Gasteiger partial charge is 0.296 e. The topological polar surface area (TPSA) is 55.9 Å². The van der Waals surface area contributed by atoms with Gasteiger partial charge in [-0.1, -0.05) is 60.7 Å². The van der Waals surface area contributed by atoms with E-state index < -0.39 is 0 Å². The van der Waals surface area contributed by atoms with Crippen LogP contribution in [-0.2, 0) is 25.8 Å². The summed E-state index contributed by atoms with van der Waals surface area (Å²) in [7, 11) is 0. The molecular weight excluding hydrogens is 274 g/mol. The maximum Gasteiger partial charge on any atom is 0.296 e. The Hall–Kier alpha value is -2.62. The number of anilines is 1. The predicted molar refractivity (Wildman–Crippen MR) is 85.1 cm³/mol. The lowest BCUT2D eigenvalue weighted by atomic mass is 10.1. The minimum atomic E-state index is 0.420. The lowest BCUT2D eigenvalue weighted by Crippen LogP contribution is -2.40. The van der Waals surface area contributed by atoms with Crippen LogP contribution in [0.1, 0.15) is 16.8 Å². The highest BCUT2D eigenvalue weighted by Gasteiger charge is 2.21. The lowest BCUT2D eigenvalue weighted by molar-refractivity contribution is -0.767. The van der Waals surface area contributed by atoms with Crippen molar-refractivity contribution in [3.63, 3.8) is 0 Å². The third-order valence-corrected chi connectivity index (χ3v) is 3.78. The van der Waals surface area contributed by atoms with E-state index in [1.807, 2.05) is 28.9 Å². The van der Waals surface area contributed by atoms with Crippen molar-refractivity contribution >= 4 is 5.88 Å². The number of nitrogens with two attached hydrogens (primary N) is 1. The number of hydrogen-bond acceptors (Lipinski definition) is 3. The zero-order valence-electron chi connectivity index (χ0n) is 12.5. The quantitative estimate of drug-likeness (QED) is 0.711. The molecule has 4 nitrogen and oxygen atoms in total. The summed E-state index contributed by atoms with van der Waals surface area (Å²) in [5, 5.41) is 4.06. The van der Waals surface area contributed by atoms with Crippen molar-refractivity contribution in [2.24, 2.45) is 0 Å². The molecule has 0 aliphatic heterocycles. The molecule has 0 aliphatic carbocycles. The number of hydrogen-bond donors (Lipinski definition) is 1. The first-order chi connectivity index (χ1) is 10.8. The van der Waals surface area contributed by atoms with Gasteiger partial charge in [-0.3, -0.25) is 4.52 Å². The molecule has 4 heteroatoms. The van der Waals surface area contributed by atoms with Crippen LogP contribution in [0.25, 0.3) is 0 Å². The van der Waals surface area contributed by atoms with Crippen LogP contribution in [0.4, 0.5) is 5.88 Å². The molecule has 2 N–H and O–H groups in total. The van der Waals surface area contributed by atoms with E-state index >= 15 is 0 Å². The Morgan fingerprint density at radius 1 is 0.818 bits per heavy atom. The summed E-state index contributed by atoms with van der Waals surface area (Å²) in [5.41, 5.74) is 9.47. The standard InChI is InChI=1S/C18H20N3O/c19-18-17(12-11-15-7-3-1-4-8-15)21(20-22-18)14-13-16-9-5-2-6-10-16/h1-10H,11-14,19H2/q+1. The molecule has 0 spiro atoms. The van der Waals surface area contributed by atoms with Crippen LogP contribution in [0.2, 0.25) is 0 Å². The largest absolute Gasteiger partial charge is 0.362 e. The van der Waals surface area contributed by atoms with Crippen molar-refractivity contribution in [2.75, 3.05) is 5.73 Å². The van der Waals surface area contributed by atoms with E-state index in [4.69, 9.17) is 10.3 Å². The second-order valence-electron chi connectivity index (χ2n) is 5.33. The van der Waals surface area contributed by atoms with E-state index in [0.29, 0.717) is 5.88 Å². The van der Waals surface area contributed by atoms with Crippen molar-refractivity contribution in [3.8, 4) is 0 Å². The molecule has 3 rings (SSSR count). The maximum atomic E-state index is 5.92. The summed E-state index contributed by atoms with van der Waals surface area (Å²) in [5.74, 6) is 0.420. The molecule has 0 aliphatic rings. The van der Waals surface area contributed by atoms with E-state index in [2.05, 4.69) is 41.7 Å². The molecule has 0 saturated heterocycles. The van der Waals surface area contributed by atoms with Crippen LogP contribution >= 0.6 is 0 Å². The first-order valence-corrected chi connectivity index (χ1v) is 7.55. The van der Waals surface area contributed by atoms with E-state index in [9.17, 15) is 0 Å². The summed E-state index contributed by atoms with van der Waals surface area (Å²) in [6.07, 6.45) is 2.67. The molecule has 0 amide bonds. The molecular formula is C18H20N3O+. The van der Waals surface area contributed by atoms with Gasteiger partial charge in [-0.15, -0.1) is 0 Å². The molecule has 112 valence electrons. The number of rotatable bonds is 6. The Kier molecular flexibility index (Phi) is 4.49. The molecule has 0 atom stereocenters. The van der Waals surface area contributed by atoms with Gasteiger partial charge in [0.25, 0.3) is 11.6 Å². The second-order valence-corrected chi connectivity index (χ2v) is 5.33. The average Bonchev–Trinajstić information content (AvgIpc) is 2.93. The fourth-order valence-electron chi connectivity index (χ4n) is 2.54. The Labute approximate surface area is 130 Å². The van der Waals surface area contributed by atoms with Gasteiger partial charge in [-0.25, -0.2) is 0 Å². The van der Waals surface area contributed by atoms with Crippen LogP contribution < -0.4 is 10.4 Å². The molecule has 1 aromatic heterocycles. The minimum absolute atomic E-state index is 0.420. The Bertz CT molecular complexity index is 708. The monoisotopic (exact) mass is 294 g/mol. The van der Waals surface area contributed by atoms with Gasteiger partial charge in [-0.05, 0) is 22.2 Å². The number of aryl methyl sites for hydroxylation is 3. The Balaban J connectivity index is 1.65. The number of aromatic nitrogens is 2. The van der Waals surface area contributed by atoms with Crippen LogP contribution in [-0.4, -0.2) is 5.27 Å². The summed E-state index contributed by atoms with van der Waals surface area (Å²) in [4.78, 5) is 0. The van der Waals surface area contributed by atoms with Gasteiger partial charge in [0.15, 0.2) is 6.54 Å². The fraction of sp³-hybridized carbons (Fsp3) is 0.222. The van der Waals surface area contributed by atoms with Gasteiger partial charge >= 0.3 is 0 Å². The van der Waals surface area contributed by atoms with Crippen molar-refractivity contribution < 1.29 is 9.20 Å². The predicted octanol–water partition coefficient (Wildman–Crippen LogP) is 2.57. The van der Waals surface area contributed by atoms with E-state index in [1.54, 1.807) is 0 Å². The van der Waals surface area contributed by atoms with Gasteiger partial charge in [0.05, 0.1) is 0 Å². The first-order valence-electron chi connectivity index (χ1n) is 7.55. The van der Waals surface area contributed by atoms with Crippen molar-refractivity contribution in [2.45, 2.75) is 25.8 Å². The van der Waals surface area contributed by atoms with Gasteiger partial charge in [-0.2, -0.15) is 0 Å². The van der Waals surface area contributed by atoms with Crippen LogP contribution in [0, 0.1) is 0 Å². The van der Waals surface area contributed by atoms with Gasteiger partial charge < -0.3 is 5.73 Å². The second kappa shape index (κ2) is 6.89.